The number of hydrogen-bond donors (Lipinski definition) is 2. The van der Waals surface area contributed by atoms with Gasteiger partial charge in [-0.1, -0.05) is 0 Å². The van der Waals surface area contributed by atoms with E-state index in [-0.39, 0.29) is 34.6 Å². The van der Waals surface area contributed by atoms with Crippen LogP contribution in [-0.2, 0) is 19.6 Å². The van der Waals surface area contributed by atoms with Crippen LogP contribution < -0.4 is 14.4 Å². The van der Waals surface area contributed by atoms with Crippen molar-refractivity contribution in [1.82, 2.24) is 0 Å². The Hall–Kier alpha value is -3.27. The van der Waals surface area contributed by atoms with Gasteiger partial charge in [0.25, 0.3) is 10.0 Å². The number of carboxylic acid groups (broad SMARTS) is 1. The number of benzene rings is 2. The van der Waals surface area contributed by atoms with Gasteiger partial charge in [0.2, 0.25) is 0 Å². The Labute approximate surface area is 187 Å². The lowest BCUT2D eigenvalue weighted by Gasteiger charge is -2.34. The Morgan fingerprint density at radius 1 is 1.19 bits per heavy atom. The minimum absolute atomic E-state index is 0.00743. The zero-order valence-corrected chi connectivity index (χ0v) is 18.7. The van der Waals surface area contributed by atoms with Crippen molar-refractivity contribution < 1.29 is 32.6 Å². The molecule has 1 aliphatic rings. The molecule has 2 aromatic carbocycles. The van der Waals surface area contributed by atoms with Crippen molar-refractivity contribution in [2.24, 2.45) is 5.92 Å². The van der Waals surface area contributed by atoms with Gasteiger partial charge in [-0.15, -0.1) is 0 Å². The number of nitrogens with zero attached hydrogens (tertiary/aromatic N) is 1. The van der Waals surface area contributed by atoms with E-state index in [4.69, 9.17) is 9.47 Å². The molecule has 0 aromatic heterocycles. The van der Waals surface area contributed by atoms with E-state index in [1.54, 1.807) is 13.0 Å². The molecule has 0 aliphatic carbocycles. The van der Waals surface area contributed by atoms with Crippen LogP contribution in [-0.4, -0.2) is 52.3 Å². The number of piperidine rings is 1. The summed E-state index contributed by atoms with van der Waals surface area (Å²) in [4.78, 5) is 25.6. The quantitative estimate of drug-likeness (QED) is 0.574. The van der Waals surface area contributed by atoms with Crippen LogP contribution in [0.15, 0.2) is 47.4 Å². The number of nitrogens with one attached hydrogen (secondary N) is 1. The Morgan fingerprint density at radius 2 is 1.91 bits per heavy atom. The SMILES string of the molecule is CCOC(=O)[C@@H]1CCCN(c2ccc(C(=O)O)cc2NS(=O)(=O)c2ccc(OC)cc2)C1. The molecule has 2 N–H and O–H groups in total. The van der Waals surface area contributed by atoms with E-state index in [2.05, 4.69) is 4.72 Å². The second-order valence-electron chi connectivity index (χ2n) is 7.36. The third-order valence-corrected chi connectivity index (χ3v) is 6.62. The van der Waals surface area contributed by atoms with Gasteiger partial charge in [0, 0.05) is 13.1 Å². The molecule has 0 saturated carbocycles. The summed E-state index contributed by atoms with van der Waals surface area (Å²) in [5.41, 5.74) is 0.575. The molecule has 32 heavy (non-hydrogen) atoms. The Bertz CT molecular complexity index is 1080. The van der Waals surface area contributed by atoms with Crippen LogP contribution >= 0.6 is 0 Å². The fraction of sp³-hybridized carbons (Fsp3) is 0.364. The zero-order valence-electron chi connectivity index (χ0n) is 17.9. The summed E-state index contributed by atoms with van der Waals surface area (Å²) in [5, 5.41) is 9.39. The van der Waals surface area contributed by atoms with E-state index >= 15 is 0 Å². The van der Waals surface area contributed by atoms with Gasteiger partial charge in [0.1, 0.15) is 5.75 Å². The summed E-state index contributed by atoms with van der Waals surface area (Å²) in [5.74, 6) is -1.30. The predicted octanol–water partition coefficient (Wildman–Crippen LogP) is 2.97. The van der Waals surface area contributed by atoms with Crippen LogP contribution in [0.25, 0.3) is 0 Å². The van der Waals surface area contributed by atoms with Crippen LogP contribution in [0, 0.1) is 5.92 Å². The highest BCUT2D eigenvalue weighted by Gasteiger charge is 2.29. The number of aromatic carboxylic acids is 1. The fourth-order valence-electron chi connectivity index (χ4n) is 3.63. The third kappa shape index (κ3) is 5.31. The van der Waals surface area contributed by atoms with Gasteiger partial charge in [-0.05, 0) is 62.2 Å². The molecule has 1 aliphatic heterocycles. The molecule has 0 unspecified atom stereocenters. The standard InChI is InChI=1S/C22H26N2O7S/c1-3-31-22(27)16-5-4-12-24(14-16)20-11-6-15(21(25)26)13-19(20)23-32(28,29)18-9-7-17(30-2)8-10-18/h6-11,13,16,23H,3-5,12,14H2,1-2H3,(H,25,26)/t16-/m1/s1. The summed E-state index contributed by atoms with van der Waals surface area (Å²) >= 11 is 0. The topological polar surface area (TPSA) is 122 Å². The molecule has 0 spiro atoms. The van der Waals surface area contributed by atoms with Crippen molar-refractivity contribution in [1.29, 1.82) is 0 Å². The van der Waals surface area contributed by atoms with Crippen molar-refractivity contribution in [2.45, 2.75) is 24.7 Å². The molecule has 9 nitrogen and oxygen atoms in total. The number of ether oxygens (including phenoxy) is 2. The molecule has 10 heteroatoms. The number of sulfonamides is 1. The van der Waals surface area contributed by atoms with Crippen molar-refractivity contribution in [3.05, 3.63) is 48.0 Å². The summed E-state index contributed by atoms with van der Waals surface area (Å²) in [6, 6.07) is 10.1. The van der Waals surface area contributed by atoms with Gasteiger partial charge >= 0.3 is 11.9 Å². The molecular formula is C22H26N2O7S. The number of carbonyl (C=O) groups is 2. The molecule has 3 rings (SSSR count). The molecule has 1 saturated heterocycles. The smallest absolute Gasteiger partial charge is 0.335 e. The lowest BCUT2D eigenvalue weighted by Crippen LogP contribution is -2.39. The maximum absolute atomic E-state index is 13.0. The molecule has 0 bridgehead atoms. The second kappa shape index (κ2) is 9.90. The average molecular weight is 463 g/mol. The van der Waals surface area contributed by atoms with Crippen LogP contribution in [0.2, 0.25) is 0 Å². The molecule has 0 amide bonds. The summed E-state index contributed by atoms with van der Waals surface area (Å²) < 4.78 is 38.7. The number of rotatable bonds is 8. The fourth-order valence-corrected chi connectivity index (χ4v) is 4.70. The lowest BCUT2D eigenvalue weighted by molar-refractivity contribution is -0.148. The monoisotopic (exact) mass is 462 g/mol. The number of carboxylic acids is 1. The highest BCUT2D eigenvalue weighted by Crippen LogP contribution is 2.33. The van der Waals surface area contributed by atoms with E-state index in [0.29, 0.717) is 30.9 Å². The number of carbonyl (C=O) groups excluding carboxylic acids is 1. The Morgan fingerprint density at radius 3 is 2.53 bits per heavy atom. The van der Waals surface area contributed by atoms with Gasteiger partial charge in [0.05, 0.1) is 41.5 Å². The molecule has 172 valence electrons. The van der Waals surface area contributed by atoms with Crippen molar-refractivity contribution in [2.75, 3.05) is 36.4 Å². The van der Waals surface area contributed by atoms with Crippen molar-refractivity contribution >= 4 is 33.3 Å². The van der Waals surface area contributed by atoms with Gasteiger partial charge in [-0.2, -0.15) is 0 Å². The largest absolute Gasteiger partial charge is 0.497 e. The Kier molecular flexibility index (Phi) is 7.24. The average Bonchev–Trinajstić information content (AvgIpc) is 2.79. The van der Waals surface area contributed by atoms with Crippen LogP contribution in [0.5, 0.6) is 5.75 Å². The first kappa shape index (κ1) is 23.4. The predicted molar refractivity (Wildman–Crippen MR) is 119 cm³/mol. The molecule has 1 fully saturated rings. The zero-order chi connectivity index (χ0) is 23.3. The first-order valence-electron chi connectivity index (χ1n) is 10.2. The highest BCUT2D eigenvalue weighted by atomic mass is 32.2. The molecule has 1 atom stereocenters. The molecule has 0 radical (unpaired) electrons. The maximum Gasteiger partial charge on any atom is 0.335 e. The van der Waals surface area contributed by atoms with E-state index in [0.717, 1.165) is 6.42 Å². The maximum atomic E-state index is 13.0. The van der Waals surface area contributed by atoms with E-state index < -0.39 is 16.0 Å². The number of hydrogen-bond acceptors (Lipinski definition) is 7. The normalized spacial score (nSPS) is 16.3. The molecule has 1 heterocycles. The Balaban J connectivity index is 1.94. The minimum Gasteiger partial charge on any atom is -0.497 e. The van der Waals surface area contributed by atoms with Gasteiger partial charge < -0.3 is 19.5 Å². The summed E-state index contributed by atoms with van der Waals surface area (Å²) in [6.07, 6.45) is 1.39. The molecular weight excluding hydrogens is 436 g/mol. The molecule has 2 aromatic rings. The van der Waals surface area contributed by atoms with Crippen LogP contribution in [0.1, 0.15) is 30.1 Å². The number of esters is 1. The van der Waals surface area contributed by atoms with Gasteiger partial charge in [-0.3, -0.25) is 9.52 Å². The summed E-state index contributed by atoms with van der Waals surface area (Å²) in [6.45, 7) is 2.98. The van der Waals surface area contributed by atoms with E-state index in [1.807, 2.05) is 4.90 Å². The van der Waals surface area contributed by atoms with Crippen molar-refractivity contribution in [3.8, 4) is 5.75 Å². The first-order valence-corrected chi connectivity index (χ1v) is 11.7. The second-order valence-corrected chi connectivity index (χ2v) is 9.04. The first-order chi connectivity index (χ1) is 15.2. The highest BCUT2D eigenvalue weighted by molar-refractivity contribution is 7.92. The number of anilines is 2. The number of methoxy groups -OCH3 is 1. The van der Waals surface area contributed by atoms with Crippen LogP contribution in [0.4, 0.5) is 11.4 Å². The van der Waals surface area contributed by atoms with E-state index in [9.17, 15) is 23.1 Å². The summed E-state index contributed by atoms with van der Waals surface area (Å²) in [7, 11) is -2.52. The van der Waals surface area contributed by atoms with Gasteiger partial charge in [0.15, 0.2) is 0 Å². The van der Waals surface area contributed by atoms with Crippen molar-refractivity contribution in [3.63, 3.8) is 0 Å². The minimum atomic E-state index is -4.00. The van der Waals surface area contributed by atoms with Crippen LogP contribution in [0.3, 0.4) is 0 Å². The lowest BCUT2D eigenvalue weighted by atomic mass is 9.97. The van der Waals surface area contributed by atoms with Gasteiger partial charge in [-0.25, -0.2) is 13.2 Å². The van der Waals surface area contributed by atoms with E-state index in [1.165, 1.54) is 43.5 Å². The third-order valence-electron chi connectivity index (χ3n) is 5.24.